The van der Waals surface area contributed by atoms with Crippen LogP contribution in [-0.4, -0.2) is 19.1 Å². The molecule has 1 aliphatic carbocycles. The molecule has 1 fully saturated rings. The van der Waals surface area contributed by atoms with Crippen molar-refractivity contribution in [2.24, 2.45) is 5.92 Å². The van der Waals surface area contributed by atoms with Crippen LogP contribution < -0.4 is 5.32 Å². The molecular weight excluding hydrogens is 230 g/mol. The highest BCUT2D eigenvalue weighted by atomic mass is 16.5. The first-order valence-electron chi connectivity index (χ1n) is 6.60. The highest BCUT2D eigenvalue weighted by Gasteiger charge is 2.22. The van der Waals surface area contributed by atoms with E-state index in [9.17, 15) is 4.79 Å². The van der Waals surface area contributed by atoms with Gasteiger partial charge in [-0.2, -0.15) is 0 Å². The Bertz CT molecular complexity index is 393. The van der Waals surface area contributed by atoms with Gasteiger partial charge in [-0.05, 0) is 31.7 Å². The van der Waals surface area contributed by atoms with Crippen LogP contribution in [0.25, 0.3) is 0 Å². The van der Waals surface area contributed by atoms with Crippen molar-refractivity contribution in [1.82, 2.24) is 5.32 Å². The average molecular weight is 251 g/mol. The number of esters is 1. The summed E-state index contributed by atoms with van der Waals surface area (Å²) in [6.07, 6.45) is 6.84. The molecule has 4 nitrogen and oxygen atoms in total. The van der Waals surface area contributed by atoms with Gasteiger partial charge in [0, 0.05) is 18.2 Å². The molecule has 0 bridgehead atoms. The first kappa shape index (κ1) is 13.1. The Morgan fingerprint density at radius 2 is 2.28 bits per heavy atom. The molecule has 0 saturated heterocycles. The van der Waals surface area contributed by atoms with Crippen LogP contribution in [0.2, 0.25) is 0 Å². The Kier molecular flexibility index (Phi) is 4.42. The second kappa shape index (κ2) is 6.05. The summed E-state index contributed by atoms with van der Waals surface area (Å²) in [5, 5.41) is 3.48. The van der Waals surface area contributed by atoms with Gasteiger partial charge in [-0.3, -0.25) is 0 Å². The van der Waals surface area contributed by atoms with Gasteiger partial charge >= 0.3 is 5.97 Å². The zero-order valence-corrected chi connectivity index (χ0v) is 11.1. The largest absolute Gasteiger partial charge is 0.463 e. The molecule has 0 aromatic carbocycles. The summed E-state index contributed by atoms with van der Waals surface area (Å²) in [5.41, 5.74) is 0.867. The molecule has 2 rings (SSSR count). The molecule has 1 aromatic heterocycles. The number of nitrogens with one attached hydrogen (secondary N) is 1. The van der Waals surface area contributed by atoms with E-state index >= 15 is 0 Å². The molecule has 1 N–H and O–H groups in total. The predicted octanol–water partition coefficient (Wildman–Crippen LogP) is 2.73. The van der Waals surface area contributed by atoms with Crippen molar-refractivity contribution >= 4 is 5.97 Å². The van der Waals surface area contributed by atoms with Crippen LogP contribution in [0.5, 0.6) is 0 Å². The Hall–Kier alpha value is -1.29. The highest BCUT2D eigenvalue weighted by Crippen LogP contribution is 2.27. The van der Waals surface area contributed by atoms with E-state index in [1.807, 2.05) is 6.07 Å². The summed E-state index contributed by atoms with van der Waals surface area (Å²) in [7, 11) is 1.36. The SMILES string of the molecule is COC(=O)c1occc1CN[C@@H](C)C1CCCC1. The minimum atomic E-state index is -0.412. The Labute approximate surface area is 108 Å². The van der Waals surface area contributed by atoms with E-state index in [2.05, 4.69) is 17.0 Å². The van der Waals surface area contributed by atoms with Crippen molar-refractivity contribution in [2.45, 2.75) is 45.2 Å². The molecular formula is C14H21NO3. The fourth-order valence-corrected chi connectivity index (χ4v) is 2.64. The van der Waals surface area contributed by atoms with Crippen molar-refractivity contribution in [3.8, 4) is 0 Å². The summed E-state index contributed by atoms with van der Waals surface area (Å²) in [6.45, 7) is 2.87. The highest BCUT2D eigenvalue weighted by molar-refractivity contribution is 5.87. The van der Waals surface area contributed by atoms with Gasteiger partial charge in [0.15, 0.2) is 0 Å². The quantitative estimate of drug-likeness (QED) is 0.817. The number of ether oxygens (including phenoxy) is 1. The number of hydrogen-bond acceptors (Lipinski definition) is 4. The van der Waals surface area contributed by atoms with Crippen LogP contribution in [0.15, 0.2) is 16.7 Å². The molecule has 0 spiro atoms. The summed E-state index contributed by atoms with van der Waals surface area (Å²) >= 11 is 0. The van der Waals surface area contributed by atoms with Gasteiger partial charge in [-0.1, -0.05) is 12.8 Å². The number of methoxy groups -OCH3 is 1. The van der Waals surface area contributed by atoms with Crippen molar-refractivity contribution in [3.05, 3.63) is 23.7 Å². The summed E-state index contributed by atoms with van der Waals surface area (Å²) < 4.78 is 9.84. The van der Waals surface area contributed by atoms with Gasteiger partial charge in [0.1, 0.15) is 0 Å². The van der Waals surface area contributed by atoms with Crippen LogP contribution in [0.1, 0.15) is 48.7 Å². The van der Waals surface area contributed by atoms with Crippen LogP contribution in [0.4, 0.5) is 0 Å². The zero-order chi connectivity index (χ0) is 13.0. The summed E-state index contributed by atoms with van der Waals surface area (Å²) in [4.78, 5) is 11.5. The smallest absolute Gasteiger partial charge is 0.374 e. The third kappa shape index (κ3) is 2.93. The molecule has 1 aromatic rings. The van der Waals surface area contributed by atoms with E-state index < -0.39 is 5.97 Å². The topological polar surface area (TPSA) is 51.5 Å². The lowest BCUT2D eigenvalue weighted by molar-refractivity contribution is 0.0563. The van der Waals surface area contributed by atoms with E-state index in [1.165, 1.54) is 39.1 Å². The number of carbonyl (C=O) groups is 1. The maximum atomic E-state index is 11.5. The van der Waals surface area contributed by atoms with Crippen molar-refractivity contribution in [2.75, 3.05) is 7.11 Å². The monoisotopic (exact) mass is 251 g/mol. The maximum absolute atomic E-state index is 11.5. The minimum Gasteiger partial charge on any atom is -0.463 e. The molecule has 0 unspecified atom stereocenters. The van der Waals surface area contributed by atoms with Gasteiger partial charge in [0.25, 0.3) is 0 Å². The molecule has 1 aliphatic rings. The maximum Gasteiger partial charge on any atom is 0.374 e. The van der Waals surface area contributed by atoms with Gasteiger partial charge in [0.05, 0.1) is 13.4 Å². The van der Waals surface area contributed by atoms with Crippen molar-refractivity contribution in [3.63, 3.8) is 0 Å². The third-order valence-electron chi connectivity index (χ3n) is 3.84. The normalized spacial score (nSPS) is 17.9. The van der Waals surface area contributed by atoms with Gasteiger partial charge < -0.3 is 14.5 Å². The Morgan fingerprint density at radius 3 is 2.94 bits per heavy atom. The average Bonchev–Trinajstić information content (AvgIpc) is 3.05. The van der Waals surface area contributed by atoms with E-state index in [1.54, 1.807) is 0 Å². The van der Waals surface area contributed by atoms with E-state index in [0.717, 1.165) is 11.5 Å². The molecule has 1 atom stereocenters. The Balaban J connectivity index is 1.89. The number of hydrogen-bond donors (Lipinski definition) is 1. The lowest BCUT2D eigenvalue weighted by Gasteiger charge is -2.20. The second-order valence-electron chi connectivity index (χ2n) is 4.98. The van der Waals surface area contributed by atoms with Crippen LogP contribution in [0.3, 0.4) is 0 Å². The van der Waals surface area contributed by atoms with Crippen LogP contribution in [0, 0.1) is 5.92 Å². The molecule has 100 valence electrons. The fourth-order valence-electron chi connectivity index (χ4n) is 2.64. The number of rotatable bonds is 5. The van der Waals surface area contributed by atoms with E-state index in [4.69, 9.17) is 4.42 Å². The number of furan rings is 1. The zero-order valence-electron chi connectivity index (χ0n) is 11.1. The Morgan fingerprint density at radius 1 is 1.56 bits per heavy atom. The molecule has 0 aliphatic heterocycles. The lowest BCUT2D eigenvalue weighted by Crippen LogP contribution is -2.32. The summed E-state index contributed by atoms with van der Waals surface area (Å²) in [6, 6.07) is 2.30. The van der Waals surface area contributed by atoms with E-state index in [0.29, 0.717) is 18.3 Å². The standard InChI is InChI=1S/C14H21NO3/c1-10(11-5-3-4-6-11)15-9-12-7-8-18-13(12)14(16)17-2/h7-8,10-11,15H,3-6,9H2,1-2H3/t10-/m0/s1. The first-order chi connectivity index (χ1) is 8.72. The van der Waals surface area contributed by atoms with Crippen molar-refractivity contribution in [1.29, 1.82) is 0 Å². The van der Waals surface area contributed by atoms with Gasteiger partial charge in [-0.15, -0.1) is 0 Å². The first-order valence-corrected chi connectivity index (χ1v) is 6.60. The van der Waals surface area contributed by atoms with Crippen LogP contribution in [-0.2, 0) is 11.3 Å². The van der Waals surface area contributed by atoms with Crippen molar-refractivity contribution < 1.29 is 13.9 Å². The molecule has 18 heavy (non-hydrogen) atoms. The molecule has 0 radical (unpaired) electrons. The fraction of sp³-hybridized carbons (Fsp3) is 0.643. The molecule has 4 heteroatoms. The van der Waals surface area contributed by atoms with Gasteiger partial charge in [-0.25, -0.2) is 4.79 Å². The van der Waals surface area contributed by atoms with Gasteiger partial charge in [0.2, 0.25) is 5.76 Å². The third-order valence-corrected chi connectivity index (χ3v) is 3.84. The second-order valence-corrected chi connectivity index (χ2v) is 4.98. The summed E-state index contributed by atoms with van der Waals surface area (Å²) in [5.74, 6) is 0.660. The lowest BCUT2D eigenvalue weighted by atomic mass is 9.99. The molecule has 1 saturated carbocycles. The van der Waals surface area contributed by atoms with E-state index in [-0.39, 0.29) is 0 Å². The van der Waals surface area contributed by atoms with Crippen LogP contribution >= 0.6 is 0 Å². The minimum absolute atomic E-state index is 0.309. The number of carbonyl (C=O) groups excluding carboxylic acids is 1. The predicted molar refractivity (Wildman–Crippen MR) is 68.3 cm³/mol. The molecule has 1 heterocycles. The molecule has 0 amide bonds.